The van der Waals surface area contributed by atoms with Crippen LogP contribution in [0.2, 0.25) is 0 Å². The van der Waals surface area contributed by atoms with Crippen LogP contribution >= 0.6 is 0 Å². The molecule has 2 heterocycles. The molecule has 0 aromatic carbocycles. The van der Waals surface area contributed by atoms with Gasteiger partial charge in [0.15, 0.2) is 0 Å². The molecule has 84 valence electrons. The molecular weight excluding hydrogens is 212 g/mol. The number of amides is 2. The second-order valence-electron chi connectivity index (χ2n) is 3.44. The Hall–Kier alpha value is -2.02. The lowest BCUT2D eigenvalue weighted by atomic mass is 10.2. The number of imide groups is 1. The Labute approximate surface area is 90.3 Å². The molecule has 0 saturated heterocycles. The third kappa shape index (κ3) is 1.33. The van der Waals surface area contributed by atoms with Crippen molar-refractivity contribution < 1.29 is 9.59 Å². The standard InChI is InChI=1S/C9H10N4O3/c1-13-8(15)5-6(9(13)16)11-4(2-3-10)12-7(5)14/h2-3,10H2,1H3,(H,11,12,14). The molecule has 1 aromatic heterocycles. The smallest absolute Gasteiger partial charge is 0.280 e. The van der Waals surface area contributed by atoms with Gasteiger partial charge in [-0.15, -0.1) is 0 Å². The molecule has 0 fully saturated rings. The van der Waals surface area contributed by atoms with Gasteiger partial charge in [0, 0.05) is 13.5 Å². The summed E-state index contributed by atoms with van der Waals surface area (Å²) in [6.07, 6.45) is 0.355. The van der Waals surface area contributed by atoms with Crippen molar-refractivity contribution in [3.8, 4) is 0 Å². The lowest BCUT2D eigenvalue weighted by Gasteiger charge is -2.01. The minimum absolute atomic E-state index is 0.0836. The second kappa shape index (κ2) is 3.53. The van der Waals surface area contributed by atoms with Crippen LogP contribution in [0.25, 0.3) is 0 Å². The van der Waals surface area contributed by atoms with Crippen LogP contribution in [0.4, 0.5) is 0 Å². The first kappa shape index (κ1) is 10.5. The highest BCUT2D eigenvalue weighted by atomic mass is 16.2. The highest BCUT2D eigenvalue weighted by Crippen LogP contribution is 2.15. The number of hydrogen-bond donors (Lipinski definition) is 2. The SMILES string of the molecule is CN1C(=O)c2nc(CCN)[nH]c(=O)c2C1=O. The van der Waals surface area contributed by atoms with E-state index in [-0.39, 0.29) is 11.3 Å². The predicted molar refractivity (Wildman–Crippen MR) is 54.0 cm³/mol. The van der Waals surface area contributed by atoms with Gasteiger partial charge in [0.25, 0.3) is 17.4 Å². The second-order valence-corrected chi connectivity index (χ2v) is 3.44. The van der Waals surface area contributed by atoms with E-state index in [4.69, 9.17) is 5.73 Å². The molecule has 7 heteroatoms. The minimum Gasteiger partial charge on any atom is -0.330 e. The maximum atomic E-state index is 11.6. The van der Waals surface area contributed by atoms with Gasteiger partial charge in [-0.1, -0.05) is 0 Å². The number of carbonyl (C=O) groups is 2. The van der Waals surface area contributed by atoms with Crippen LogP contribution in [0, 0.1) is 0 Å². The van der Waals surface area contributed by atoms with Crippen molar-refractivity contribution in [2.75, 3.05) is 13.6 Å². The molecule has 16 heavy (non-hydrogen) atoms. The lowest BCUT2D eigenvalue weighted by Crippen LogP contribution is -2.26. The molecular formula is C9H10N4O3. The van der Waals surface area contributed by atoms with Crippen LogP contribution in [0.1, 0.15) is 26.7 Å². The Balaban J connectivity index is 2.63. The summed E-state index contributed by atoms with van der Waals surface area (Å²) in [7, 11) is 1.31. The number of aromatic amines is 1. The molecule has 3 N–H and O–H groups in total. The molecule has 1 aliphatic rings. The first-order chi connectivity index (χ1) is 7.56. The summed E-state index contributed by atoms with van der Waals surface area (Å²) in [6, 6.07) is 0. The highest BCUT2D eigenvalue weighted by molar-refractivity contribution is 6.19. The van der Waals surface area contributed by atoms with E-state index in [2.05, 4.69) is 9.97 Å². The van der Waals surface area contributed by atoms with Crippen molar-refractivity contribution >= 4 is 11.8 Å². The summed E-state index contributed by atoms with van der Waals surface area (Å²) in [4.78, 5) is 41.9. The van der Waals surface area contributed by atoms with E-state index in [1.54, 1.807) is 0 Å². The predicted octanol–water partition coefficient (Wildman–Crippen LogP) is -1.50. The van der Waals surface area contributed by atoms with E-state index in [1.165, 1.54) is 7.05 Å². The van der Waals surface area contributed by atoms with Crippen LogP contribution in [-0.2, 0) is 6.42 Å². The Bertz CT molecular complexity index is 534. The number of nitrogens with zero attached hydrogens (tertiary/aromatic N) is 2. The van der Waals surface area contributed by atoms with Crippen molar-refractivity contribution in [1.29, 1.82) is 0 Å². The quantitative estimate of drug-likeness (QED) is 0.591. The Morgan fingerprint density at radius 1 is 1.31 bits per heavy atom. The van der Waals surface area contributed by atoms with Crippen LogP contribution in [0.3, 0.4) is 0 Å². The van der Waals surface area contributed by atoms with Crippen molar-refractivity contribution in [2.45, 2.75) is 6.42 Å². The van der Waals surface area contributed by atoms with E-state index < -0.39 is 17.4 Å². The van der Waals surface area contributed by atoms with E-state index in [0.29, 0.717) is 18.8 Å². The van der Waals surface area contributed by atoms with E-state index >= 15 is 0 Å². The van der Waals surface area contributed by atoms with Crippen molar-refractivity contribution in [1.82, 2.24) is 14.9 Å². The summed E-state index contributed by atoms with van der Waals surface area (Å²) in [5.74, 6) is -0.847. The first-order valence-electron chi connectivity index (χ1n) is 4.72. The van der Waals surface area contributed by atoms with Crippen LogP contribution < -0.4 is 11.3 Å². The summed E-state index contributed by atoms with van der Waals surface area (Å²) >= 11 is 0. The zero-order valence-electron chi connectivity index (χ0n) is 8.61. The number of nitrogens with two attached hydrogens (primary N) is 1. The fourth-order valence-electron chi connectivity index (χ4n) is 1.55. The molecule has 0 saturated carbocycles. The monoisotopic (exact) mass is 222 g/mol. The largest absolute Gasteiger partial charge is 0.330 e. The Kier molecular flexibility index (Phi) is 2.31. The number of H-pyrrole nitrogens is 1. The van der Waals surface area contributed by atoms with Crippen molar-refractivity contribution in [3.05, 3.63) is 27.4 Å². The topological polar surface area (TPSA) is 109 Å². The van der Waals surface area contributed by atoms with Crippen LogP contribution in [0.15, 0.2) is 4.79 Å². The Morgan fingerprint density at radius 2 is 2.00 bits per heavy atom. The summed E-state index contributed by atoms with van der Waals surface area (Å²) in [5, 5.41) is 0. The molecule has 2 amide bonds. The summed E-state index contributed by atoms with van der Waals surface area (Å²) < 4.78 is 0. The molecule has 0 spiro atoms. The van der Waals surface area contributed by atoms with Gasteiger partial charge in [-0.3, -0.25) is 19.3 Å². The van der Waals surface area contributed by atoms with Gasteiger partial charge in [-0.25, -0.2) is 4.98 Å². The van der Waals surface area contributed by atoms with Gasteiger partial charge in [0.1, 0.15) is 17.1 Å². The minimum atomic E-state index is -0.618. The van der Waals surface area contributed by atoms with Gasteiger partial charge < -0.3 is 10.7 Å². The third-order valence-corrected chi connectivity index (χ3v) is 2.38. The maximum absolute atomic E-state index is 11.6. The fraction of sp³-hybridized carbons (Fsp3) is 0.333. The van der Waals surface area contributed by atoms with Crippen LogP contribution in [-0.4, -0.2) is 40.3 Å². The van der Waals surface area contributed by atoms with E-state index in [0.717, 1.165) is 4.90 Å². The summed E-state index contributed by atoms with van der Waals surface area (Å²) in [5.41, 5.74) is 4.46. The molecule has 0 atom stereocenters. The number of carbonyl (C=O) groups excluding carboxylic acids is 2. The van der Waals surface area contributed by atoms with Crippen molar-refractivity contribution in [3.63, 3.8) is 0 Å². The molecule has 0 unspecified atom stereocenters. The molecule has 1 aliphatic heterocycles. The highest BCUT2D eigenvalue weighted by Gasteiger charge is 2.37. The zero-order valence-corrected chi connectivity index (χ0v) is 8.61. The first-order valence-corrected chi connectivity index (χ1v) is 4.72. The molecule has 0 radical (unpaired) electrons. The van der Waals surface area contributed by atoms with E-state index in [1.807, 2.05) is 0 Å². The number of rotatable bonds is 2. The van der Waals surface area contributed by atoms with Crippen LogP contribution in [0.5, 0.6) is 0 Å². The van der Waals surface area contributed by atoms with Gasteiger partial charge in [0.05, 0.1) is 0 Å². The summed E-state index contributed by atoms with van der Waals surface area (Å²) in [6.45, 7) is 0.305. The number of fused-ring (bicyclic) bond motifs is 1. The average molecular weight is 222 g/mol. The van der Waals surface area contributed by atoms with E-state index in [9.17, 15) is 14.4 Å². The molecule has 7 nitrogen and oxygen atoms in total. The maximum Gasteiger partial charge on any atom is 0.280 e. The van der Waals surface area contributed by atoms with Gasteiger partial charge >= 0.3 is 0 Å². The third-order valence-electron chi connectivity index (χ3n) is 2.38. The molecule has 1 aromatic rings. The number of aromatic nitrogens is 2. The average Bonchev–Trinajstić information content (AvgIpc) is 2.45. The number of nitrogens with one attached hydrogen (secondary N) is 1. The molecule has 0 aliphatic carbocycles. The lowest BCUT2D eigenvalue weighted by molar-refractivity contribution is 0.0691. The van der Waals surface area contributed by atoms with Gasteiger partial charge in [0.2, 0.25) is 0 Å². The normalized spacial score (nSPS) is 14.5. The number of hydrogen-bond acceptors (Lipinski definition) is 5. The van der Waals surface area contributed by atoms with Crippen molar-refractivity contribution in [2.24, 2.45) is 5.73 Å². The fourth-order valence-corrected chi connectivity index (χ4v) is 1.55. The molecule has 2 rings (SSSR count). The Morgan fingerprint density at radius 3 is 2.62 bits per heavy atom. The zero-order chi connectivity index (χ0) is 11.9. The van der Waals surface area contributed by atoms with Gasteiger partial charge in [-0.05, 0) is 6.54 Å². The van der Waals surface area contributed by atoms with Gasteiger partial charge in [-0.2, -0.15) is 0 Å². The molecule has 0 bridgehead atoms.